The highest BCUT2D eigenvalue weighted by atomic mass is 16.5. The van der Waals surface area contributed by atoms with Crippen molar-refractivity contribution in [1.29, 1.82) is 0 Å². The molecule has 0 bridgehead atoms. The standard InChI is InChI=1S/C19H24N4O2/c24-18(19(8-11-20-12-9-19)23-13-4-10-21-23)22-16-7-14-25-17(16)15-5-2-1-3-6-15/h1-6,10,13,16-17,20H,7-9,11-12,14H2,(H,22,24). The molecule has 132 valence electrons. The molecule has 1 aromatic carbocycles. The Hall–Kier alpha value is -2.18. The topological polar surface area (TPSA) is 68.2 Å². The summed E-state index contributed by atoms with van der Waals surface area (Å²) in [6.07, 6.45) is 5.86. The van der Waals surface area contributed by atoms with Crippen molar-refractivity contribution in [3.63, 3.8) is 0 Å². The van der Waals surface area contributed by atoms with E-state index < -0.39 is 5.54 Å². The van der Waals surface area contributed by atoms with Gasteiger partial charge in [-0.2, -0.15) is 5.10 Å². The van der Waals surface area contributed by atoms with E-state index in [0.717, 1.165) is 37.9 Å². The number of aromatic nitrogens is 2. The number of amides is 1. The quantitative estimate of drug-likeness (QED) is 0.887. The van der Waals surface area contributed by atoms with Crippen molar-refractivity contribution < 1.29 is 9.53 Å². The largest absolute Gasteiger partial charge is 0.371 e. The van der Waals surface area contributed by atoms with Crippen molar-refractivity contribution in [2.45, 2.75) is 36.9 Å². The highest BCUT2D eigenvalue weighted by Gasteiger charge is 2.44. The number of rotatable bonds is 4. The zero-order valence-corrected chi connectivity index (χ0v) is 14.2. The van der Waals surface area contributed by atoms with Crippen molar-refractivity contribution in [3.8, 4) is 0 Å². The second-order valence-corrected chi connectivity index (χ2v) is 6.80. The number of hydrogen-bond donors (Lipinski definition) is 2. The third-order valence-electron chi connectivity index (χ3n) is 5.33. The molecule has 2 saturated heterocycles. The Labute approximate surface area is 147 Å². The van der Waals surface area contributed by atoms with Crippen LogP contribution in [0.4, 0.5) is 0 Å². The average Bonchev–Trinajstić information content (AvgIpc) is 3.35. The average molecular weight is 340 g/mol. The fourth-order valence-corrected chi connectivity index (χ4v) is 3.93. The maximum absolute atomic E-state index is 13.3. The van der Waals surface area contributed by atoms with Crippen molar-refractivity contribution in [3.05, 3.63) is 54.4 Å². The summed E-state index contributed by atoms with van der Waals surface area (Å²) in [6, 6.07) is 12.0. The number of ether oxygens (including phenoxy) is 1. The monoisotopic (exact) mass is 340 g/mol. The molecule has 6 nitrogen and oxygen atoms in total. The molecule has 1 aromatic heterocycles. The molecule has 0 saturated carbocycles. The van der Waals surface area contributed by atoms with Gasteiger partial charge in [0.15, 0.2) is 0 Å². The van der Waals surface area contributed by atoms with E-state index in [1.807, 2.05) is 35.1 Å². The highest BCUT2D eigenvalue weighted by molar-refractivity contribution is 5.85. The molecule has 1 amide bonds. The molecule has 2 atom stereocenters. The molecule has 2 fully saturated rings. The first-order chi connectivity index (χ1) is 12.3. The summed E-state index contributed by atoms with van der Waals surface area (Å²) in [5, 5.41) is 11.0. The first-order valence-corrected chi connectivity index (χ1v) is 8.98. The van der Waals surface area contributed by atoms with Crippen LogP contribution in [-0.4, -0.2) is 41.4 Å². The summed E-state index contributed by atoms with van der Waals surface area (Å²) in [5.74, 6) is 0.0501. The Morgan fingerprint density at radius 1 is 1.24 bits per heavy atom. The van der Waals surface area contributed by atoms with Crippen molar-refractivity contribution >= 4 is 5.91 Å². The number of carbonyl (C=O) groups is 1. The lowest BCUT2D eigenvalue weighted by Gasteiger charge is -2.37. The Bertz CT molecular complexity index is 695. The molecule has 2 unspecified atom stereocenters. The van der Waals surface area contributed by atoms with E-state index in [1.165, 1.54) is 0 Å². The maximum atomic E-state index is 13.3. The third kappa shape index (κ3) is 3.07. The lowest BCUT2D eigenvalue weighted by Crippen LogP contribution is -2.56. The fraction of sp³-hybridized carbons (Fsp3) is 0.474. The van der Waals surface area contributed by atoms with Crippen LogP contribution in [-0.2, 0) is 15.1 Å². The minimum atomic E-state index is -0.613. The molecule has 2 N–H and O–H groups in total. The molecule has 0 aliphatic carbocycles. The van der Waals surface area contributed by atoms with Gasteiger partial charge in [-0.25, -0.2) is 0 Å². The summed E-state index contributed by atoms with van der Waals surface area (Å²) >= 11 is 0. The van der Waals surface area contributed by atoms with Crippen molar-refractivity contribution in [2.75, 3.05) is 19.7 Å². The number of carbonyl (C=O) groups excluding carboxylic acids is 1. The molecule has 6 heteroatoms. The number of piperidine rings is 1. The van der Waals surface area contributed by atoms with Crippen LogP contribution in [0, 0.1) is 0 Å². The van der Waals surface area contributed by atoms with Crippen LogP contribution in [0.3, 0.4) is 0 Å². The minimum absolute atomic E-state index is 0.00257. The SMILES string of the molecule is O=C(NC1CCOC1c1ccccc1)C1(n2cccn2)CCNCC1. The first kappa shape index (κ1) is 16.3. The molecule has 2 aliphatic heterocycles. The van der Waals surface area contributed by atoms with Gasteiger partial charge in [0, 0.05) is 19.0 Å². The number of hydrogen-bond acceptors (Lipinski definition) is 4. The maximum Gasteiger partial charge on any atom is 0.248 e. The second-order valence-electron chi connectivity index (χ2n) is 6.80. The van der Waals surface area contributed by atoms with E-state index in [1.54, 1.807) is 6.20 Å². The van der Waals surface area contributed by atoms with Crippen molar-refractivity contribution in [2.24, 2.45) is 0 Å². The number of nitrogens with one attached hydrogen (secondary N) is 2. The summed E-state index contributed by atoms with van der Waals surface area (Å²) in [5.41, 5.74) is 0.502. The normalized spacial score (nSPS) is 25.6. The molecule has 0 spiro atoms. The summed E-state index contributed by atoms with van der Waals surface area (Å²) < 4.78 is 7.74. The lowest BCUT2D eigenvalue weighted by molar-refractivity contribution is -0.133. The third-order valence-corrected chi connectivity index (χ3v) is 5.33. The van der Waals surface area contributed by atoms with Crippen LogP contribution >= 0.6 is 0 Å². The predicted molar refractivity (Wildman–Crippen MR) is 94.0 cm³/mol. The molecule has 25 heavy (non-hydrogen) atoms. The zero-order valence-electron chi connectivity index (χ0n) is 14.2. The summed E-state index contributed by atoms with van der Waals surface area (Å²) in [4.78, 5) is 13.3. The molecule has 0 radical (unpaired) electrons. The van der Waals surface area contributed by atoms with Gasteiger partial charge in [-0.3, -0.25) is 9.48 Å². The summed E-state index contributed by atoms with van der Waals surface area (Å²) in [7, 11) is 0. The van der Waals surface area contributed by atoms with Gasteiger partial charge in [0.1, 0.15) is 11.6 Å². The van der Waals surface area contributed by atoms with E-state index in [9.17, 15) is 4.79 Å². The van der Waals surface area contributed by atoms with Gasteiger partial charge in [0.25, 0.3) is 0 Å². The van der Waals surface area contributed by atoms with Crippen LogP contribution in [0.15, 0.2) is 48.8 Å². The van der Waals surface area contributed by atoms with Crippen LogP contribution < -0.4 is 10.6 Å². The van der Waals surface area contributed by atoms with Gasteiger partial charge in [0.05, 0.1) is 6.04 Å². The Morgan fingerprint density at radius 3 is 2.76 bits per heavy atom. The summed E-state index contributed by atoms with van der Waals surface area (Å²) in [6.45, 7) is 2.30. The molecule has 4 rings (SSSR count). The molecule has 3 heterocycles. The van der Waals surface area contributed by atoms with Gasteiger partial charge in [0.2, 0.25) is 5.91 Å². The zero-order chi connectivity index (χ0) is 17.1. The van der Waals surface area contributed by atoms with E-state index in [-0.39, 0.29) is 18.1 Å². The van der Waals surface area contributed by atoms with Crippen molar-refractivity contribution in [1.82, 2.24) is 20.4 Å². The van der Waals surface area contributed by atoms with Gasteiger partial charge in [-0.1, -0.05) is 30.3 Å². The number of nitrogens with zero attached hydrogens (tertiary/aromatic N) is 2. The minimum Gasteiger partial charge on any atom is -0.371 e. The van der Waals surface area contributed by atoms with E-state index in [2.05, 4.69) is 27.9 Å². The first-order valence-electron chi connectivity index (χ1n) is 8.98. The molecule has 2 aliphatic rings. The lowest BCUT2D eigenvalue weighted by atomic mass is 9.86. The highest BCUT2D eigenvalue weighted by Crippen LogP contribution is 2.32. The fourth-order valence-electron chi connectivity index (χ4n) is 3.93. The number of benzene rings is 1. The molecular weight excluding hydrogens is 316 g/mol. The Balaban J connectivity index is 1.55. The van der Waals surface area contributed by atoms with Gasteiger partial charge >= 0.3 is 0 Å². The van der Waals surface area contributed by atoms with E-state index in [0.29, 0.717) is 6.61 Å². The van der Waals surface area contributed by atoms with E-state index >= 15 is 0 Å². The van der Waals surface area contributed by atoms with Crippen LogP contribution in [0.5, 0.6) is 0 Å². The van der Waals surface area contributed by atoms with Gasteiger partial charge < -0.3 is 15.4 Å². The van der Waals surface area contributed by atoms with Crippen LogP contribution in [0.1, 0.15) is 30.9 Å². The van der Waals surface area contributed by atoms with Gasteiger partial charge in [-0.05, 0) is 44.0 Å². The molecular formula is C19H24N4O2. The Kier molecular flexibility index (Phi) is 4.55. The van der Waals surface area contributed by atoms with Gasteiger partial charge in [-0.15, -0.1) is 0 Å². The van der Waals surface area contributed by atoms with Crippen LogP contribution in [0.2, 0.25) is 0 Å². The smallest absolute Gasteiger partial charge is 0.248 e. The molecule has 2 aromatic rings. The Morgan fingerprint density at radius 2 is 2.04 bits per heavy atom. The predicted octanol–water partition coefficient (Wildman–Crippen LogP) is 1.61. The second kappa shape index (κ2) is 6.98. The van der Waals surface area contributed by atoms with Crippen LogP contribution in [0.25, 0.3) is 0 Å². The van der Waals surface area contributed by atoms with E-state index in [4.69, 9.17) is 4.74 Å².